The highest BCUT2D eigenvalue weighted by Crippen LogP contribution is 2.45. The number of nitrogens with zero attached hydrogens (tertiary/aromatic N) is 4. The second-order valence-corrected chi connectivity index (χ2v) is 35.5. The number of ether oxygens (including phenoxy) is 1. The number of halogens is 10. The van der Waals surface area contributed by atoms with Gasteiger partial charge in [0.25, 0.3) is 22.2 Å². The van der Waals surface area contributed by atoms with Crippen LogP contribution in [0.2, 0.25) is 0 Å². The van der Waals surface area contributed by atoms with Crippen molar-refractivity contribution in [2.75, 3.05) is 7.11 Å². The molecule has 0 radical (unpaired) electrons. The lowest BCUT2D eigenvalue weighted by Gasteiger charge is -2.16. The number of aromatic hydroxyl groups is 4. The van der Waals surface area contributed by atoms with E-state index in [-0.39, 0.29) is 96.7 Å². The average Bonchev–Trinajstić information content (AvgIpc) is 0.747. The van der Waals surface area contributed by atoms with Gasteiger partial charge in [-0.1, -0.05) is 181 Å². The van der Waals surface area contributed by atoms with Gasteiger partial charge >= 0.3 is 28.7 Å². The molecule has 35 heteroatoms. The maximum Gasteiger partial charge on any atom is 0.416 e. The molecule has 0 aliphatic heterocycles. The van der Waals surface area contributed by atoms with Crippen molar-refractivity contribution >= 4 is 118 Å². The van der Waals surface area contributed by atoms with Crippen LogP contribution in [0.15, 0.2) is 421 Å². The number of aromatic nitrogens is 4. The number of hydrogen-bond donors (Lipinski definition) is 4. The topological polar surface area (TPSA) is 299 Å². The Morgan fingerprint density at radius 1 is 0.350 bits per heavy atom. The van der Waals surface area contributed by atoms with Crippen molar-refractivity contribution in [3.05, 3.63) is 455 Å². The second-order valence-electron chi connectivity index (χ2n) is 30.3. The summed E-state index contributed by atoms with van der Waals surface area (Å²) in [6, 6.07) is 80.1. The van der Waals surface area contributed by atoms with E-state index >= 15 is 0 Å². The summed E-state index contributed by atoms with van der Waals surface area (Å²) < 4.78 is 155. The molecule has 140 heavy (non-hydrogen) atoms. The van der Waals surface area contributed by atoms with Crippen molar-refractivity contribution in [2.45, 2.75) is 51.9 Å². The number of pyridine rings is 4. The second kappa shape index (κ2) is 40.6. The molecule has 12 aromatic carbocycles. The minimum absolute atomic E-state index is 0.0795. The van der Waals surface area contributed by atoms with Gasteiger partial charge in [-0.3, -0.25) is 32.9 Å². The van der Waals surface area contributed by atoms with Crippen molar-refractivity contribution in [2.24, 2.45) is 0 Å². The molecule has 21 nitrogen and oxygen atoms in total. The predicted octanol–water partition coefficient (Wildman–Crippen LogP) is 24.0. The molecule has 0 aliphatic rings. The fourth-order valence-electron chi connectivity index (χ4n) is 15.0. The lowest BCUT2D eigenvalue weighted by molar-refractivity contribution is -0.137. The van der Waals surface area contributed by atoms with Gasteiger partial charge in [0.15, 0.2) is 28.6 Å². The normalized spacial score (nSPS) is 11.3. The summed E-state index contributed by atoms with van der Waals surface area (Å²) in [7, 11) is 1.53. The Hall–Kier alpha value is -16.2. The molecular formula is C105H62BrF9N4O17S4. The Labute approximate surface area is 806 Å². The molecule has 0 spiro atoms. The highest BCUT2D eigenvalue weighted by atomic mass is 79.9. The number of hydrogen-bond acceptors (Lipinski definition) is 21. The summed E-state index contributed by atoms with van der Waals surface area (Å²) in [6.45, 7) is -0.151. The number of rotatable bonds is 17. The third-order valence-electron chi connectivity index (χ3n) is 21.5. The first-order valence-corrected chi connectivity index (χ1v) is 45.5. The molecule has 0 aliphatic carbocycles. The third-order valence-corrected chi connectivity index (χ3v) is 26.9. The first kappa shape index (κ1) is 95.5. The summed E-state index contributed by atoms with van der Waals surface area (Å²) in [4.78, 5) is 106. The van der Waals surface area contributed by atoms with Gasteiger partial charge in [0, 0.05) is 58.9 Å². The summed E-state index contributed by atoms with van der Waals surface area (Å²) >= 11 is 6.52. The summed E-state index contributed by atoms with van der Waals surface area (Å²) in [5, 5.41) is 43.5. The van der Waals surface area contributed by atoms with Crippen LogP contribution in [0.3, 0.4) is 0 Å². The van der Waals surface area contributed by atoms with Crippen LogP contribution >= 0.6 is 63.0 Å². The van der Waals surface area contributed by atoms with E-state index in [2.05, 4.69) is 15.9 Å². The lowest BCUT2D eigenvalue weighted by atomic mass is 10.1. The molecule has 0 saturated carbocycles. The molecule has 20 aromatic rings. The monoisotopic (exact) mass is 2030 g/mol. The molecule has 0 saturated heterocycles. The molecule has 20 rings (SSSR count). The summed E-state index contributed by atoms with van der Waals surface area (Å²) in [6.07, 6.45) is -4.53. The minimum Gasteiger partial charge on any atom is -0.505 e. The van der Waals surface area contributed by atoms with E-state index in [0.29, 0.717) is 89.4 Å². The van der Waals surface area contributed by atoms with E-state index in [4.69, 9.17) is 22.4 Å². The summed E-state index contributed by atoms with van der Waals surface area (Å²) in [5.41, 5.74) is -3.33. The van der Waals surface area contributed by atoms with Crippen LogP contribution in [0, 0.1) is 34.9 Å². The zero-order chi connectivity index (χ0) is 98.6. The van der Waals surface area contributed by atoms with E-state index < -0.39 is 114 Å². The zero-order valence-electron chi connectivity index (χ0n) is 71.6. The van der Waals surface area contributed by atoms with Crippen LogP contribution in [-0.4, -0.2) is 45.8 Å². The van der Waals surface area contributed by atoms with Crippen molar-refractivity contribution in [1.82, 2.24) is 18.3 Å². The molecule has 8 aromatic heterocycles. The Morgan fingerprint density at radius 2 is 0.764 bits per heavy atom. The molecule has 8 heterocycles. The Kier molecular flexibility index (Phi) is 27.7. The molecule has 0 fully saturated rings. The van der Waals surface area contributed by atoms with Crippen molar-refractivity contribution in [3.63, 3.8) is 0 Å². The number of para-hydroxylation sites is 1. The van der Waals surface area contributed by atoms with E-state index in [1.165, 1.54) is 159 Å². The maximum absolute atomic E-state index is 14.4. The quantitative estimate of drug-likeness (QED) is 0.0486. The average molecular weight is 2030 g/mol. The first-order chi connectivity index (χ1) is 67.4. The largest absolute Gasteiger partial charge is 0.505 e. The van der Waals surface area contributed by atoms with Gasteiger partial charge < -0.3 is 47.4 Å². The lowest BCUT2D eigenvalue weighted by Crippen LogP contribution is -2.23. The number of methoxy groups -OCH3 is 1. The number of alkyl halides is 3. The number of fused-ring (bicyclic) bond motifs is 6. The summed E-state index contributed by atoms with van der Waals surface area (Å²) in [5.74, 6) is -4.92. The zero-order valence-corrected chi connectivity index (χ0v) is 76.5. The van der Waals surface area contributed by atoms with Crippen LogP contribution < -0.4 is 49.5 Å². The molecule has 0 amide bonds. The smallest absolute Gasteiger partial charge is 0.416 e. The first-order valence-electron chi connectivity index (χ1n) is 41.5. The van der Waals surface area contributed by atoms with Gasteiger partial charge in [-0.05, 0) is 202 Å². The standard InChI is InChI=1S/C27H17BrFNO5S.C26H15F4NO4S.2C26H15F2NO4S/c1-34-18-12-10-17(11-13-18)30-20(15-6-8-16(29)9-7-15)14-21-23(26(30)32)24(31)25(27(33)35-21)36-22-5-3-2-4-19(22)28;27-18-7-3-1-5-14(18)13-31-19-8-4-2-6-17(19)22-20(24(31)33)21(32)23(25(34)35-22)36-16-11-9-15(10-12-16)26(28,29)30;27-16-8-4-10-18(12-16)29-20(15-6-2-1-3-7-15)14-21-22(25(29)31)23(30)24(26(32)33-21)34-19-11-5-9-17(28)13-19;27-16-9-6-10-17(13-16)29-19(15-7-2-1-3-8-15)14-20-22(25(29)31)23(30)24(26(32)33-20)34-21-12-5-4-11-18(21)28/h2-14,31H,1H3;1-12,32H,13H2;2*1-14,30H. The van der Waals surface area contributed by atoms with E-state index in [0.717, 1.165) is 52.3 Å². The highest BCUT2D eigenvalue weighted by Gasteiger charge is 2.32. The molecule has 4 N–H and O–H groups in total. The molecule has 698 valence electrons. The van der Waals surface area contributed by atoms with Crippen LogP contribution in [0.1, 0.15) is 11.1 Å². The fourth-order valence-corrected chi connectivity index (χ4v) is 19.0. The van der Waals surface area contributed by atoms with Crippen LogP contribution in [0.5, 0.6) is 28.7 Å². The van der Waals surface area contributed by atoms with Gasteiger partial charge in [-0.2, -0.15) is 13.2 Å². The maximum atomic E-state index is 14.4. The van der Waals surface area contributed by atoms with Gasteiger partial charge in [0.1, 0.15) is 98.5 Å². The van der Waals surface area contributed by atoms with Crippen LogP contribution in [0.4, 0.5) is 39.5 Å². The van der Waals surface area contributed by atoms with Gasteiger partial charge in [0.05, 0.1) is 53.2 Å². The highest BCUT2D eigenvalue weighted by molar-refractivity contribution is 9.10. The van der Waals surface area contributed by atoms with Crippen LogP contribution in [0.25, 0.3) is 106 Å². The Morgan fingerprint density at radius 3 is 1.25 bits per heavy atom. The molecule has 0 unspecified atom stereocenters. The Balaban J connectivity index is 0.000000129. The predicted molar refractivity (Wildman–Crippen MR) is 518 cm³/mol. The molecular weight excluding hydrogens is 1970 g/mol. The fraction of sp³-hybridized carbons (Fsp3) is 0.0286. The number of benzene rings is 12. The molecule has 0 bridgehead atoms. The van der Waals surface area contributed by atoms with Gasteiger partial charge in [-0.25, -0.2) is 45.5 Å². The van der Waals surface area contributed by atoms with Gasteiger partial charge in [0.2, 0.25) is 0 Å². The van der Waals surface area contributed by atoms with Crippen molar-refractivity contribution in [3.8, 4) is 79.6 Å². The third kappa shape index (κ3) is 19.8. The molecule has 0 atom stereocenters. The van der Waals surface area contributed by atoms with Gasteiger partial charge in [-0.15, -0.1) is 0 Å². The van der Waals surface area contributed by atoms with Crippen molar-refractivity contribution in [1.29, 1.82) is 0 Å². The van der Waals surface area contributed by atoms with E-state index in [1.807, 2.05) is 6.07 Å². The van der Waals surface area contributed by atoms with Crippen LogP contribution in [-0.2, 0) is 12.7 Å². The van der Waals surface area contributed by atoms with E-state index in [1.54, 1.807) is 158 Å². The minimum atomic E-state index is -4.53. The van der Waals surface area contributed by atoms with Crippen molar-refractivity contribution < 1.29 is 82.3 Å². The Bertz CT molecular complexity index is 8820. The van der Waals surface area contributed by atoms with E-state index in [9.17, 15) is 98.3 Å². The SMILES string of the molecule is COc1ccc(-n2c(-c3ccc(F)cc3)cc3oc(=O)c(Sc4ccccc4Br)c(O)c3c2=O)cc1.O=c1oc2c(c(O)c1Sc1ccc(C(F)(F)F)cc1)c(=O)n(Cc1ccccc1F)c1ccccc21.O=c1oc2cc(-c3ccccc3)n(-c3cccc(F)c3)c(=O)c2c(O)c1Sc1cccc(F)c1.O=c1oc2cc(-c3ccccc3)n(-c3cccc(F)c3)c(=O)c2c(O)c1Sc1ccccc1F.